The molecule has 0 atom stereocenters. The minimum atomic E-state index is -0.283. The van der Waals surface area contributed by atoms with E-state index in [-0.39, 0.29) is 11.6 Å². The minimum absolute atomic E-state index is 0.255. The van der Waals surface area contributed by atoms with E-state index in [0.29, 0.717) is 18.9 Å². The van der Waals surface area contributed by atoms with Gasteiger partial charge in [-0.25, -0.2) is 0 Å². The molecule has 0 spiro atoms. The quantitative estimate of drug-likeness (QED) is 0.739. The van der Waals surface area contributed by atoms with Gasteiger partial charge in [0.2, 0.25) is 0 Å². The summed E-state index contributed by atoms with van der Waals surface area (Å²) in [5.74, 6) is 1.06. The molecule has 128 valence electrons. The van der Waals surface area contributed by atoms with Crippen molar-refractivity contribution in [2.45, 2.75) is 20.4 Å². The van der Waals surface area contributed by atoms with Crippen molar-refractivity contribution in [1.82, 2.24) is 10.5 Å². The van der Waals surface area contributed by atoms with Crippen LogP contribution in [0.5, 0.6) is 5.75 Å². The SMILES string of the molecule is CCOc1ccccc1CNC(=O)c1cc(-c2cccc(C)c2)on1. The van der Waals surface area contributed by atoms with Crippen molar-refractivity contribution in [3.8, 4) is 17.1 Å². The van der Waals surface area contributed by atoms with E-state index in [2.05, 4.69) is 10.5 Å². The smallest absolute Gasteiger partial charge is 0.273 e. The number of carbonyl (C=O) groups excluding carboxylic acids is 1. The molecular formula is C20H20N2O3. The van der Waals surface area contributed by atoms with Crippen LogP contribution in [0.3, 0.4) is 0 Å². The average Bonchev–Trinajstić information content (AvgIpc) is 3.11. The highest BCUT2D eigenvalue weighted by molar-refractivity contribution is 5.93. The highest BCUT2D eigenvalue weighted by Gasteiger charge is 2.14. The molecular weight excluding hydrogens is 316 g/mol. The summed E-state index contributed by atoms with van der Waals surface area (Å²) in [6.45, 7) is 4.87. The number of nitrogens with zero attached hydrogens (tertiary/aromatic N) is 1. The lowest BCUT2D eigenvalue weighted by molar-refractivity contribution is 0.0941. The number of amides is 1. The van der Waals surface area contributed by atoms with Gasteiger partial charge in [-0.15, -0.1) is 0 Å². The van der Waals surface area contributed by atoms with Crippen LogP contribution >= 0.6 is 0 Å². The van der Waals surface area contributed by atoms with Crippen molar-refractivity contribution in [3.63, 3.8) is 0 Å². The standard InChI is InChI=1S/C20H20N2O3/c1-3-24-18-10-5-4-8-16(18)13-21-20(23)17-12-19(25-22-17)15-9-6-7-14(2)11-15/h4-12H,3,13H2,1-2H3,(H,21,23). The summed E-state index contributed by atoms with van der Waals surface area (Å²) < 4.78 is 10.9. The zero-order valence-electron chi connectivity index (χ0n) is 14.3. The van der Waals surface area contributed by atoms with E-state index in [0.717, 1.165) is 22.4 Å². The Morgan fingerprint density at radius 2 is 2.00 bits per heavy atom. The van der Waals surface area contributed by atoms with E-state index >= 15 is 0 Å². The van der Waals surface area contributed by atoms with Gasteiger partial charge >= 0.3 is 0 Å². The van der Waals surface area contributed by atoms with E-state index in [9.17, 15) is 4.79 Å². The van der Waals surface area contributed by atoms with E-state index < -0.39 is 0 Å². The van der Waals surface area contributed by atoms with Gasteiger partial charge in [0, 0.05) is 23.7 Å². The second-order valence-electron chi connectivity index (χ2n) is 5.67. The first-order chi connectivity index (χ1) is 12.2. The Labute approximate surface area is 146 Å². The van der Waals surface area contributed by atoms with Gasteiger partial charge in [0.15, 0.2) is 11.5 Å². The Hall–Kier alpha value is -3.08. The molecule has 1 heterocycles. The second-order valence-corrected chi connectivity index (χ2v) is 5.67. The highest BCUT2D eigenvalue weighted by Crippen LogP contribution is 2.22. The Balaban J connectivity index is 1.69. The molecule has 5 nitrogen and oxygen atoms in total. The first-order valence-corrected chi connectivity index (χ1v) is 8.20. The molecule has 25 heavy (non-hydrogen) atoms. The predicted octanol–water partition coefficient (Wildman–Crippen LogP) is 3.98. The first-order valence-electron chi connectivity index (χ1n) is 8.20. The van der Waals surface area contributed by atoms with Crippen molar-refractivity contribution in [2.75, 3.05) is 6.61 Å². The van der Waals surface area contributed by atoms with Gasteiger partial charge < -0.3 is 14.6 Å². The molecule has 1 aromatic heterocycles. The van der Waals surface area contributed by atoms with Crippen molar-refractivity contribution < 1.29 is 14.1 Å². The largest absolute Gasteiger partial charge is 0.494 e. The molecule has 1 N–H and O–H groups in total. The number of rotatable bonds is 6. The third-order valence-electron chi connectivity index (χ3n) is 3.76. The molecule has 0 bridgehead atoms. The van der Waals surface area contributed by atoms with Crippen LogP contribution in [0.1, 0.15) is 28.5 Å². The monoisotopic (exact) mass is 336 g/mol. The van der Waals surface area contributed by atoms with Crippen LogP contribution in [0.4, 0.5) is 0 Å². The van der Waals surface area contributed by atoms with Crippen LogP contribution in [-0.2, 0) is 6.54 Å². The van der Waals surface area contributed by atoms with E-state index in [1.54, 1.807) is 6.07 Å². The molecule has 0 aliphatic rings. The van der Waals surface area contributed by atoms with E-state index in [1.807, 2.05) is 62.4 Å². The van der Waals surface area contributed by atoms with Crippen LogP contribution in [0.2, 0.25) is 0 Å². The topological polar surface area (TPSA) is 64.4 Å². The molecule has 0 aliphatic carbocycles. The Kier molecular flexibility index (Phi) is 5.14. The van der Waals surface area contributed by atoms with Crippen molar-refractivity contribution in [1.29, 1.82) is 0 Å². The number of para-hydroxylation sites is 1. The zero-order chi connectivity index (χ0) is 17.6. The molecule has 5 heteroatoms. The minimum Gasteiger partial charge on any atom is -0.494 e. The molecule has 2 aromatic carbocycles. The van der Waals surface area contributed by atoms with Gasteiger partial charge in [0.05, 0.1) is 6.61 Å². The van der Waals surface area contributed by atoms with Crippen LogP contribution in [0, 0.1) is 6.92 Å². The number of aromatic nitrogens is 1. The Morgan fingerprint density at radius 1 is 1.16 bits per heavy atom. The molecule has 3 aromatic rings. The van der Waals surface area contributed by atoms with Crippen molar-refractivity contribution >= 4 is 5.91 Å². The number of carbonyl (C=O) groups is 1. The lowest BCUT2D eigenvalue weighted by atomic mass is 10.1. The molecule has 1 amide bonds. The molecule has 0 saturated carbocycles. The maximum Gasteiger partial charge on any atom is 0.273 e. The van der Waals surface area contributed by atoms with Gasteiger partial charge in [0.1, 0.15) is 5.75 Å². The summed E-state index contributed by atoms with van der Waals surface area (Å²) in [7, 11) is 0. The van der Waals surface area contributed by atoms with E-state index in [4.69, 9.17) is 9.26 Å². The number of aryl methyl sites for hydroxylation is 1. The lowest BCUT2D eigenvalue weighted by Crippen LogP contribution is -2.23. The van der Waals surface area contributed by atoms with Gasteiger partial charge in [-0.1, -0.05) is 47.1 Å². The second kappa shape index (κ2) is 7.66. The summed E-state index contributed by atoms with van der Waals surface area (Å²) in [6, 6.07) is 17.1. The lowest BCUT2D eigenvalue weighted by Gasteiger charge is -2.10. The van der Waals surface area contributed by atoms with Crippen LogP contribution in [-0.4, -0.2) is 17.7 Å². The average molecular weight is 336 g/mol. The number of hydrogen-bond donors (Lipinski definition) is 1. The van der Waals surface area contributed by atoms with Gasteiger partial charge in [0.25, 0.3) is 5.91 Å². The number of benzene rings is 2. The van der Waals surface area contributed by atoms with Gasteiger partial charge in [-0.2, -0.15) is 0 Å². The molecule has 0 radical (unpaired) electrons. The number of hydrogen-bond acceptors (Lipinski definition) is 4. The van der Waals surface area contributed by atoms with Crippen molar-refractivity contribution in [3.05, 3.63) is 71.4 Å². The molecule has 0 unspecified atom stereocenters. The molecule has 0 aliphatic heterocycles. The van der Waals surface area contributed by atoms with Crippen LogP contribution < -0.4 is 10.1 Å². The summed E-state index contributed by atoms with van der Waals surface area (Å²) in [5.41, 5.74) is 3.19. The normalized spacial score (nSPS) is 10.5. The summed E-state index contributed by atoms with van der Waals surface area (Å²) >= 11 is 0. The third kappa shape index (κ3) is 4.07. The summed E-state index contributed by atoms with van der Waals surface area (Å²) in [5, 5.41) is 6.72. The number of nitrogens with one attached hydrogen (secondary N) is 1. The zero-order valence-corrected chi connectivity index (χ0v) is 14.3. The Morgan fingerprint density at radius 3 is 2.80 bits per heavy atom. The first kappa shape index (κ1) is 16.8. The van der Waals surface area contributed by atoms with Crippen LogP contribution in [0.25, 0.3) is 11.3 Å². The fourth-order valence-electron chi connectivity index (χ4n) is 2.53. The highest BCUT2D eigenvalue weighted by atomic mass is 16.5. The Bertz CT molecular complexity index is 871. The van der Waals surface area contributed by atoms with Gasteiger partial charge in [-0.3, -0.25) is 4.79 Å². The molecule has 0 fully saturated rings. The van der Waals surface area contributed by atoms with Crippen molar-refractivity contribution in [2.24, 2.45) is 0 Å². The third-order valence-corrected chi connectivity index (χ3v) is 3.76. The molecule has 0 saturated heterocycles. The predicted molar refractivity (Wildman–Crippen MR) is 95.5 cm³/mol. The van der Waals surface area contributed by atoms with Gasteiger partial charge in [-0.05, 0) is 26.0 Å². The fourth-order valence-corrected chi connectivity index (χ4v) is 2.53. The molecule has 3 rings (SSSR count). The summed E-state index contributed by atoms with van der Waals surface area (Å²) in [4.78, 5) is 12.3. The van der Waals surface area contributed by atoms with Crippen LogP contribution in [0.15, 0.2) is 59.1 Å². The van der Waals surface area contributed by atoms with E-state index in [1.165, 1.54) is 0 Å². The maximum absolute atomic E-state index is 12.3. The fraction of sp³-hybridized carbons (Fsp3) is 0.200. The number of ether oxygens (including phenoxy) is 1. The maximum atomic E-state index is 12.3. The summed E-state index contributed by atoms with van der Waals surface area (Å²) in [6.07, 6.45) is 0.